The minimum absolute atomic E-state index is 0.0258. The third kappa shape index (κ3) is 39.0. The van der Waals surface area contributed by atoms with Gasteiger partial charge in [-0.05, 0) is 106 Å². The van der Waals surface area contributed by atoms with E-state index in [1.807, 2.05) is 24.3 Å². The fourth-order valence-corrected chi connectivity index (χ4v) is 11.9. The summed E-state index contributed by atoms with van der Waals surface area (Å²) >= 11 is 0. The van der Waals surface area contributed by atoms with Crippen LogP contribution in [0.4, 0.5) is 0 Å². The average molecular weight is 1700 g/mol. The Morgan fingerprint density at radius 2 is 0.825 bits per heavy atom. The van der Waals surface area contributed by atoms with Crippen molar-refractivity contribution in [1.29, 1.82) is 10.8 Å². The highest BCUT2D eigenvalue weighted by Gasteiger charge is 2.39. The highest BCUT2D eigenvalue weighted by atomic mass is 16.4. The molecule has 1 heterocycles. The summed E-state index contributed by atoms with van der Waals surface area (Å²) in [5.74, 6) is -25.5. The minimum atomic E-state index is -2.06. The van der Waals surface area contributed by atoms with E-state index < -0.39 is 279 Å². The van der Waals surface area contributed by atoms with E-state index in [4.69, 9.17) is 39.5 Å². The van der Waals surface area contributed by atoms with Gasteiger partial charge in [-0.1, -0.05) is 80.0 Å². The van der Waals surface area contributed by atoms with E-state index >= 15 is 0 Å². The number of hydrogen-bond donors (Lipinski definition) is 27. The fraction of sp³-hybridized carbons (Fsp3) is 0.608. The largest absolute Gasteiger partial charge is 0.481 e. The van der Waals surface area contributed by atoms with Gasteiger partial charge in [-0.2, -0.15) is 0 Å². The lowest BCUT2D eigenvalue weighted by atomic mass is 9.97. The maximum atomic E-state index is 14.7. The number of aromatic nitrogens is 1. The molecule has 0 bridgehead atoms. The Hall–Kier alpha value is -12.8. The van der Waals surface area contributed by atoms with E-state index in [9.17, 15) is 112 Å². The van der Waals surface area contributed by atoms with Gasteiger partial charge in [-0.3, -0.25) is 97.1 Å². The van der Waals surface area contributed by atoms with E-state index in [0.29, 0.717) is 0 Å². The Morgan fingerprint density at radius 1 is 0.417 bits per heavy atom. The standard InChI is InChI=1S/C74H119N23O23/c1-10-37(8)59(70(117)85-33-54(100)87-50(31-57(105)106)69(116)92-47(21-24-56(103)104)66(113)96-58(36(6)7)71(118)95-51(72(119)120)30-53(77)99)97-65(112)44(18-14-26-83-74(80)81)89-62(109)43(17-13-25-82-73(78)79)90-68(115)49(28-35(4)5)94-64(111)46(20-23-55(101)102)91-63(110)45(19-22-52(76)98)88-60(107)38(9)86-67(114)48(27-34(2)3)93-61(108)41(75)29-39-32-84-42-16-12-11-15-40(39)42/h11-12,15-16,32,34-38,41,43-51,58-59,84H,10,13-14,17-31,33,75H2,1-9H3,(H2,76,98)(H2,77,99)(H,85,117)(H,86,114)(H,87,100)(H,88,107)(H,89,109)(H,90,115)(H,91,110)(H,92,116)(H,93,108)(H,94,111)(H,95,118)(H,96,113)(H,97,112)(H,101,102)(H,103,104)(H,105,106)(H,119,120)(H4,78,79,82)(H4,80,81,83)/t37-,38-,41-,43-,44-,45-,46-,47-,48-,49-,50-,51-,58-,59-/m0/s1. The molecule has 0 saturated carbocycles. The molecular weight excluding hydrogens is 1580 g/mol. The highest BCUT2D eigenvalue weighted by molar-refractivity contribution is 6.01. The van der Waals surface area contributed by atoms with Gasteiger partial charge in [-0.25, -0.2) is 4.79 Å². The molecule has 2 aromatic rings. The van der Waals surface area contributed by atoms with E-state index in [-0.39, 0.29) is 70.4 Å². The molecule has 46 heteroatoms. The van der Waals surface area contributed by atoms with Crippen LogP contribution in [0.2, 0.25) is 0 Å². The number of nitrogens with one attached hydrogen (secondary N) is 18. The number of primary amides is 2. The second kappa shape index (κ2) is 52.1. The maximum Gasteiger partial charge on any atom is 0.326 e. The summed E-state index contributed by atoms with van der Waals surface area (Å²) in [6, 6.07) is -13.7. The van der Waals surface area contributed by atoms with Crippen molar-refractivity contribution in [3.8, 4) is 0 Å². The van der Waals surface area contributed by atoms with Gasteiger partial charge in [0.05, 0.1) is 25.4 Å². The van der Waals surface area contributed by atoms with Crippen LogP contribution in [0.5, 0.6) is 0 Å². The van der Waals surface area contributed by atoms with Crippen LogP contribution in [0.15, 0.2) is 30.5 Å². The molecule has 14 atom stereocenters. The van der Waals surface area contributed by atoms with Crippen LogP contribution in [0.3, 0.4) is 0 Å². The first-order valence-corrected chi connectivity index (χ1v) is 39.0. The molecule has 0 spiro atoms. The number of hydrogen-bond acceptors (Lipinski definition) is 22. The fourth-order valence-electron chi connectivity index (χ4n) is 11.9. The van der Waals surface area contributed by atoms with Gasteiger partial charge in [0.2, 0.25) is 88.6 Å². The molecular formula is C74H119N23O23. The Labute approximate surface area is 691 Å². The maximum absolute atomic E-state index is 14.7. The van der Waals surface area contributed by atoms with Gasteiger partial charge >= 0.3 is 23.9 Å². The van der Waals surface area contributed by atoms with E-state index in [0.717, 1.165) is 16.5 Å². The van der Waals surface area contributed by atoms with Crippen molar-refractivity contribution in [2.24, 2.45) is 52.3 Å². The van der Waals surface area contributed by atoms with E-state index in [2.05, 4.69) is 84.7 Å². The number of guanidine groups is 2. The summed E-state index contributed by atoms with van der Waals surface area (Å²) < 4.78 is 0. The Kier molecular flexibility index (Phi) is 44.8. The summed E-state index contributed by atoms with van der Waals surface area (Å²) in [6.45, 7) is 12.9. The number of amides is 15. The first-order chi connectivity index (χ1) is 56.1. The molecule has 0 aliphatic heterocycles. The van der Waals surface area contributed by atoms with Crippen LogP contribution < -0.4 is 108 Å². The van der Waals surface area contributed by atoms with Gasteiger partial charge in [0.1, 0.15) is 72.5 Å². The quantitative estimate of drug-likeness (QED) is 0.0166. The van der Waals surface area contributed by atoms with Crippen molar-refractivity contribution in [3.63, 3.8) is 0 Å². The molecule has 32 N–H and O–H groups in total. The SMILES string of the molecule is CC[C@H](C)[C@H](NC(=O)[C@H](CCCNC(=N)N)NC(=O)[C@H](CCCNC(=N)N)NC(=O)[C@H](CC(C)C)NC(=O)[C@H](CCC(=O)O)NC(=O)[C@H](CCC(N)=O)NC(=O)[C@H](C)NC(=O)[C@H](CC(C)C)NC(=O)[C@@H](N)Cc1c[nH]c2ccccc12)C(=O)NCC(=O)N[C@@H](CC(=O)O)C(=O)N[C@@H](CCC(=O)O)C(=O)N[C@H](C(=O)N[C@@H](CC(N)=O)C(=O)O)C(C)C. The molecule has 0 aliphatic carbocycles. The van der Waals surface area contributed by atoms with Gasteiger partial charge in [0.25, 0.3) is 0 Å². The topological polar surface area (TPSA) is 779 Å². The minimum Gasteiger partial charge on any atom is -0.481 e. The summed E-state index contributed by atoms with van der Waals surface area (Å²) in [5, 5.41) is 90.9. The molecule has 0 aliphatic rings. The predicted molar refractivity (Wildman–Crippen MR) is 429 cm³/mol. The van der Waals surface area contributed by atoms with Crippen LogP contribution in [0.1, 0.15) is 164 Å². The molecule has 0 radical (unpaired) electrons. The molecule has 1 aromatic heterocycles. The summed E-state index contributed by atoms with van der Waals surface area (Å²) in [6.07, 6.45) is -4.75. The van der Waals surface area contributed by atoms with E-state index in [1.165, 1.54) is 27.7 Å². The van der Waals surface area contributed by atoms with Crippen molar-refractivity contribution in [3.05, 3.63) is 36.0 Å². The summed E-state index contributed by atoms with van der Waals surface area (Å²) in [5.41, 5.74) is 29.5. The highest BCUT2D eigenvalue weighted by Crippen LogP contribution is 2.20. The molecule has 15 amide bonds. The molecule has 1 aromatic carbocycles. The van der Waals surface area contributed by atoms with Crippen LogP contribution in [-0.4, -0.2) is 248 Å². The predicted octanol–water partition coefficient (Wildman–Crippen LogP) is -6.26. The van der Waals surface area contributed by atoms with Crippen molar-refractivity contribution in [2.75, 3.05) is 19.6 Å². The van der Waals surface area contributed by atoms with Crippen LogP contribution in [0.25, 0.3) is 10.9 Å². The number of aliphatic carboxylic acids is 4. The summed E-state index contributed by atoms with van der Waals surface area (Å²) in [4.78, 5) is 257. The lowest BCUT2D eigenvalue weighted by Crippen LogP contribution is -2.61. The van der Waals surface area contributed by atoms with Gasteiger partial charge in [0, 0.05) is 49.5 Å². The second-order valence-electron chi connectivity index (χ2n) is 30.0. The molecule has 0 saturated heterocycles. The average Bonchev–Trinajstić information content (AvgIpc) is 1.65. The zero-order chi connectivity index (χ0) is 91.0. The van der Waals surface area contributed by atoms with Crippen LogP contribution in [-0.2, 0) is 97.5 Å². The summed E-state index contributed by atoms with van der Waals surface area (Å²) in [7, 11) is 0. The number of aromatic amines is 1. The van der Waals surface area contributed by atoms with E-state index in [1.54, 1.807) is 40.8 Å². The number of H-pyrrole nitrogens is 1. The van der Waals surface area contributed by atoms with Gasteiger partial charge < -0.3 is 134 Å². The first kappa shape index (κ1) is 103. The number of carbonyl (C=O) groups is 19. The Balaban J connectivity index is 2.50. The van der Waals surface area contributed by atoms with Crippen LogP contribution >= 0.6 is 0 Å². The van der Waals surface area contributed by atoms with Crippen molar-refractivity contribution < 1.29 is 112 Å². The molecule has 668 valence electrons. The monoisotopic (exact) mass is 1700 g/mol. The third-order valence-electron chi connectivity index (χ3n) is 18.5. The lowest BCUT2D eigenvalue weighted by Gasteiger charge is -2.29. The molecule has 0 fully saturated rings. The number of nitrogens with two attached hydrogens (primary N) is 5. The zero-order valence-electron chi connectivity index (χ0n) is 68.6. The molecule has 46 nitrogen and oxygen atoms in total. The Morgan fingerprint density at radius 3 is 1.26 bits per heavy atom. The number of carboxylic acids is 4. The molecule has 120 heavy (non-hydrogen) atoms. The zero-order valence-corrected chi connectivity index (χ0v) is 68.6. The smallest absolute Gasteiger partial charge is 0.326 e. The molecule has 2 rings (SSSR count). The van der Waals surface area contributed by atoms with Crippen LogP contribution in [0, 0.1) is 34.5 Å². The lowest BCUT2D eigenvalue weighted by molar-refractivity contribution is -0.144. The normalized spacial score (nSPS) is 14.6. The number of para-hydroxylation sites is 1. The number of benzene rings is 1. The van der Waals surface area contributed by atoms with Crippen molar-refractivity contribution >= 4 is 135 Å². The molecule has 0 unspecified atom stereocenters. The third-order valence-corrected chi connectivity index (χ3v) is 18.5. The number of rotatable bonds is 57. The van der Waals surface area contributed by atoms with Crippen molar-refractivity contribution in [1.82, 2.24) is 84.7 Å². The second-order valence-corrected chi connectivity index (χ2v) is 30.0. The van der Waals surface area contributed by atoms with Gasteiger partial charge in [-0.15, -0.1) is 0 Å². The van der Waals surface area contributed by atoms with Gasteiger partial charge in [0.15, 0.2) is 11.9 Å². The first-order valence-electron chi connectivity index (χ1n) is 39.0. The number of carbonyl (C=O) groups excluding carboxylic acids is 15. The Bertz CT molecular complexity index is 3970. The van der Waals surface area contributed by atoms with Crippen molar-refractivity contribution in [2.45, 2.75) is 244 Å². The number of fused-ring (bicyclic) bond motifs is 1. The number of carboxylic acid groups (broad SMARTS) is 4.